The predicted molar refractivity (Wildman–Crippen MR) is 100 cm³/mol. The van der Waals surface area contributed by atoms with Crippen molar-refractivity contribution in [3.63, 3.8) is 0 Å². The van der Waals surface area contributed by atoms with Crippen LogP contribution in [0.5, 0.6) is 0 Å². The van der Waals surface area contributed by atoms with Crippen molar-refractivity contribution in [1.29, 1.82) is 0 Å². The summed E-state index contributed by atoms with van der Waals surface area (Å²) >= 11 is 0. The van der Waals surface area contributed by atoms with Crippen LogP contribution >= 0.6 is 0 Å². The molecule has 0 unspecified atom stereocenters. The monoisotopic (exact) mass is 352 g/mol. The van der Waals surface area contributed by atoms with Crippen LogP contribution in [0.15, 0.2) is 43.5 Å². The van der Waals surface area contributed by atoms with E-state index in [-0.39, 0.29) is 23.8 Å². The molecule has 136 valence electrons. The van der Waals surface area contributed by atoms with Crippen molar-refractivity contribution >= 4 is 17.7 Å². The fraction of sp³-hybridized carbons (Fsp3) is 0.381. The van der Waals surface area contributed by atoms with Crippen molar-refractivity contribution < 1.29 is 14.4 Å². The lowest BCUT2D eigenvalue weighted by molar-refractivity contribution is 0.0548. The molecule has 1 aliphatic carbocycles. The second-order valence-corrected chi connectivity index (χ2v) is 6.82. The van der Waals surface area contributed by atoms with Crippen LogP contribution in [0.2, 0.25) is 0 Å². The molecule has 0 radical (unpaired) electrons. The molecule has 1 fully saturated rings. The molecule has 1 saturated carbocycles. The average Bonchev–Trinajstić information content (AvgIpc) is 2.92. The van der Waals surface area contributed by atoms with E-state index in [1.165, 1.54) is 4.90 Å². The highest BCUT2D eigenvalue weighted by Crippen LogP contribution is 2.31. The number of rotatable bonds is 6. The van der Waals surface area contributed by atoms with E-state index in [4.69, 9.17) is 0 Å². The Labute approximate surface area is 154 Å². The van der Waals surface area contributed by atoms with Gasteiger partial charge in [-0.2, -0.15) is 0 Å². The number of amides is 3. The molecular weight excluding hydrogens is 328 g/mol. The quantitative estimate of drug-likeness (QED) is 0.582. The van der Waals surface area contributed by atoms with Crippen LogP contribution in [0.4, 0.5) is 0 Å². The molecule has 0 aromatic heterocycles. The number of imide groups is 1. The summed E-state index contributed by atoms with van der Waals surface area (Å²) in [6.45, 7) is 8.12. The fourth-order valence-corrected chi connectivity index (χ4v) is 3.80. The van der Waals surface area contributed by atoms with Gasteiger partial charge in [-0.05, 0) is 31.0 Å². The van der Waals surface area contributed by atoms with Crippen LogP contribution < -0.4 is 0 Å². The Morgan fingerprint density at radius 2 is 1.65 bits per heavy atom. The average molecular weight is 352 g/mol. The Balaban J connectivity index is 1.88. The first-order valence-corrected chi connectivity index (χ1v) is 9.11. The van der Waals surface area contributed by atoms with Crippen molar-refractivity contribution in [2.75, 3.05) is 13.1 Å². The smallest absolute Gasteiger partial charge is 0.261 e. The van der Waals surface area contributed by atoms with Crippen LogP contribution in [0, 0.1) is 0 Å². The van der Waals surface area contributed by atoms with Crippen molar-refractivity contribution in [2.45, 2.75) is 38.1 Å². The zero-order valence-corrected chi connectivity index (χ0v) is 14.9. The van der Waals surface area contributed by atoms with E-state index < -0.39 is 0 Å². The van der Waals surface area contributed by atoms with Gasteiger partial charge in [-0.3, -0.25) is 19.3 Å². The van der Waals surface area contributed by atoms with Gasteiger partial charge >= 0.3 is 0 Å². The van der Waals surface area contributed by atoms with Gasteiger partial charge in [0.25, 0.3) is 17.7 Å². The minimum Gasteiger partial charge on any atom is -0.331 e. The molecule has 0 N–H and O–H groups in total. The van der Waals surface area contributed by atoms with Crippen molar-refractivity contribution in [2.24, 2.45) is 0 Å². The van der Waals surface area contributed by atoms with Gasteiger partial charge in [0.05, 0.1) is 11.1 Å². The molecule has 26 heavy (non-hydrogen) atoms. The lowest BCUT2D eigenvalue weighted by Gasteiger charge is -2.29. The van der Waals surface area contributed by atoms with Gasteiger partial charge in [-0.1, -0.05) is 31.4 Å². The second kappa shape index (κ2) is 7.68. The Morgan fingerprint density at radius 1 is 1.04 bits per heavy atom. The summed E-state index contributed by atoms with van der Waals surface area (Å²) in [5, 5.41) is 0. The first-order chi connectivity index (χ1) is 12.6. The third-order valence-corrected chi connectivity index (χ3v) is 5.09. The molecular formula is C21H24N2O3. The lowest BCUT2D eigenvalue weighted by Crippen LogP contribution is -2.40. The predicted octanol–water partition coefficient (Wildman–Crippen LogP) is 3.43. The van der Waals surface area contributed by atoms with Gasteiger partial charge in [0.2, 0.25) is 0 Å². The summed E-state index contributed by atoms with van der Waals surface area (Å²) in [6.07, 6.45) is 8.26. The standard InChI is InChI=1S/C21H24N2O3/c1-3-12-22(13-4-2)19(24)15-10-11-17-18(14-15)21(26)23(20(17)25)16-8-6-5-7-9-16/h3-4,10-11,14,16H,1-2,5-9,12-13H2. The highest BCUT2D eigenvalue weighted by molar-refractivity contribution is 6.22. The van der Waals surface area contributed by atoms with E-state index in [0.29, 0.717) is 29.8 Å². The Bertz CT molecular complexity index is 753. The summed E-state index contributed by atoms with van der Waals surface area (Å²) in [5.74, 6) is -0.709. The third-order valence-electron chi connectivity index (χ3n) is 5.09. The highest BCUT2D eigenvalue weighted by Gasteiger charge is 2.40. The Morgan fingerprint density at radius 3 is 2.27 bits per heavy atom. The zero-order chi connectivity index (χ0) is 18.7. The maximum absolute atomic E-state index is 12.9. The van der Waals surface area contributed by atoms with Crippen LogP contribution in [0.25, 0.3) is 0 Å². The zero-order valence-electron chi connectivity index (χ0n) is 14.9. The maximum Gasteiger partial charge on any atom is 0.261 e. The summed E-state index contributed by atoms with van der Waals surface area (Å²) in [4.78, 5) is 41.3. The van der Waals surface area contributed by atoms with Crippen LogP contribution in [0.3, 0.4) is 0 Å². The molecule has 2 aliphatic rings. The van der Waals surface area contributed by atoms with E-state index >= 15 is 0 Å². The highest BCUT2D eigenvalue weighted by atomic mass is 16.2. The van der Waals surface area contributed by atoms with Gasteiger partial charge in [0, 0.05) is 24.7 Å². The van der Waals surface area contributed by atoms with Gasteiger partial charge < -0.3 is 4.90 Å². The topological polar surface area (TPSA) is 57.7 Å². The molecule has 1 aromatic rings. The molecule has 0 saturated heterocycles. The normalized spacial score (nSPS) is 17.2. The number of hydrogen-bond donors (Lipinski definition) is 0. The minimum absolute atomic E-state index is 0.0201. The van der Waals surface area contributed by atoms with E-state index in [0.717, 1.165) is 32.1 Å². The lowest BCUT2D eigenvalue weighted by atomic mass is 9.94. The second-order valence-electron chi connectivity index (χ2n) is 6.82. The molecule has 3 amide bonds. The minimum atomic E-state index is -0.273. The van der Waals surface area contributed by atoms with E-state index in [9.17, 15) is 14.4 Å². The fourth-order valence-electron chi connectivity index (χ4n) is 3.80. The Hall–Kier alpha value is -2.69. The van der Waals surface area contributed by atoms with E-state index in [2.05, 4.69) is 13.2 Å². The van der Waals surface area contributed by atoms with Crippen LogP contribution in [0.1, 0.15) is 63.2 Å². The summed E-state index contributed by atoms with van der Waals surface area (Å²) in [6, 6.07) is 4.76. The largest absolute Gasteiger partial charge is 0.331 e. The summed E-state index contributed by atoms with van der Waals surface area (Å²) in [7, 11) is 0. The van der Waals surface area contributed by atoms with Gasteiger partial charge in [0.15, 0.2) is 0 Å². The SMILES string of the molecule is C=CCN(CC=C)C(=O)c1ccc2c(c1)C(=O)N(C1CCCCC1)C2=O. The van der Waals surface area contributed by atoms with Crippen LogP contribution in [-0.4, -0.2) is 46.7 Å². The number of fused-ring (bicyclic) bond motifs is 1. The number of carbonyl (C=O) groups is 3. The molecule has 5 heteroatoms. The molecule has 0 bridgehead atoms. The van der Waals surface area contributed by atoms with Crippen molar-refractivity contribution in [3.05, 3.63) is 60.2 Å². The Kier molecular flexibility index (Phi) is 5.35. The number of hydrogen-bond acceptors (Lipinski definition) is 3. The molecule has 1 aliphatic heterocycles. The van der Waals surface area contributed by atoms with Gasteiger partial charge in [-0.15, -0.1) is 13.2 Å². The molecule has 0 spiro atoms. The van der Waals surface area contributed by atoms with Crippen molar-refractivity contribution in [1.82, 2.24) is 9.80 Å². The van der Waals surface area contributed by atoms with Crippen molar-refractivity contribution in [3.8, 4) is 0 Å². The molecule has 5 nitrogen and oxygen atoms in total. The molecule has 1 heterocycles. The number of carbonyl (C=O) groups excluding carboxylic acids is 3. The van der Waals surface area contributed by atoms with Gasteiger partial charge in [0.1, 0.15) is 0 Å². The van der Waals surface area contributed by atoms with Gasteiger partial charge in [-0.25, -0.2) is 0 Å². The first kappa shape index (κ1) is 18.1. The number of nitrogens with zero attached hydrogens (tertiary/aromatic N) is 2. The first-order valence-electron chi connectivity index (χ1n) is 9.11. The summed E-state index contributed by atoms with van der Waals surface area (Å²) < 4.78 is 0. The van der Waals surface area contributed by atoms with E-state index in [1.807, 2.05) is 0 Å². The molecule has 0 atom stereocenters. The molecule has 1 aromatic carbocycles. The maximum atomic E-state index is 12.9. The molecule has 3 rings (SSSR count). The van der Waals surface area contributed by atoms with E-state index in [1.54, 1.807) is 35.3 Å². The number of benzene rings is 1. The summed E-state index contributed by atoms with van der Waals surface area (Å²) in [5.41, 5.74) is 1.14. The van der Waals surface area contributed by atoms with Crippen LogP contribution in [-0.2, 0) is 0 Å². The third kappa shape index (κ3) is 3.21.